The summed E-state index contributed by atoms with van der Waals surface area (Å²) in [5.74, 6) is -2.44. The van der Waals surface area contributed by atoms with Crippen LogP contribution in [0.5, 0.6) is 5.75 Å². The van der Waals surface area contributed by atoms with Gasteiger partial charge in [0.15, 0.2) is 11.6 Å². The van der Waals surface area contributed by atoms with Crippen LogP contribution < -0.4 is 10.5 Å². The Morgan fingerprint density at radius 3 is 2.71 bits per heavy atom. The Morgan fingerprint density at radius 2 is 1.93 bits per heavy atom. The first-order chi connectivity index (χ1) is 13.6. The lowest BCUT2D eigenvalue weighted by molar-refractivity contribution is 0.0343. The van der Waals surface area contributed by atoms with Crippen LogP contribution in [0, 0.1) is 23.0 Å². The predicted octanol–water partition coefficient (Wildman–Crippen LogP) is 3.69. The zero-order valence-corrected chi connectivity index (χ0v) is 15.6. The highest BCUT2D eigenvalue weighted by Crippen LogP contribution is 2.38. The van der Waals surface area contributed by atoms with Crippen molar-refractivity contribution >= 4 is 0 Å². The minimum Gasteiger partial charge on any atom is -0.481 e. The van der Waals surface area contributed by atoms with Crippen LogP contribution in [0.15, 0.2) is 36.4 Å². The van der Waals surface area contributed by atoms with Crippen molar-refractivity contribution in [1.82, 2.24) is 4.90 Å². The summed E-state index contributed by atoms with van der Waals surface area (Å²) in [5.41, 5.74) is 8.02. The largest absolute Gasteiger partial charge is 0.481 e. The van der Waals surface area contributed by atoms with Gasteiger partial charge in [0.2, 0.25) is 5.82 Å². The van der Waals surface area contributed by atoms with Gasteiger partial charge in [0.05, 0.1) is 11.6 Å². The number of piperidine rings is 1. The standard InChI is InChI=1S/C22H23F2N3O/c23-20-15(12-25)8-10-19(21(20)24)28-22-17-6-2-1-4-14(17)7-9-18(22)27-11-3-5-16(26)13-27/h1-2,4,6,8,10,16,18,22H,3,5,7,9,11,13,26H2/t16-,18-,22-/m0/s1. The Bertz CT molecular complexity index is 911. The number of fused-ring (bicyclic) bond motifs is 1. The number of nitriles is 1. The third kappa shape index (κ3) is 3.48. The summed E-state index contributed by atoms with van der Waals surface area (Å²) in [7, 11) is 0. The number of nitrogens with zero attached hydrogens (tertiary/aromatic N) is 2. The number of nitrogens with two attached hydrogens (primary N) is 1. The molecule has 0 spiro atoms. The monoisotopic (exact) mass is 383 g/mol. The molecule has 3 atom stereocenters. The number of aryl methyl sites for hydroxylation is 1. The van der Waals surface area contributed by atoms with Crippen molar-refractivity contribution in [3.63, 3.8) is 0 Å². The van der Waals surface area contributed by atoms with E-state index in [0.29, 0.717) is 0 Å². The number of likely N-dealkylation sites (tertiary alicyclic amines) is 1. The minimum atomic E-state index is -1.17. The van der Waals surface area contributed by atoms with E-state index in [0.717, 1.165) is 44.3 Å². The van der Waals surface area contributed by atoms with Gasteiger partial charge in [0.25, 0.3) is 0 Å². The average molecular weight is 383 g/mol. The number of benzene rings is 2. The van der Waals surface area contributed by atoms with Crippen LogP contribution >= 0.6 is 0 Å². The molecule has 1 saturated heterocycles. The first-order valence-electron chi connectivity index (χ1n) is 9.70. The van der Waals surface area contributed by atoms with Gasteiger partial charge in [-0.1, -0.05) is 24.3 Å². The molecule has 0 unspecified atom stereocenters. The minimum absolute atomic E-state index is 0.0411. The highest BCUT2D eigenvalue weighted by molar-refractivity contribution is 5.39. The molecule has 1 aliphatic heterocycles. The molecular formula is C22H23F2N3O. The summed E-state index contributed by atoms with van der Waals surface area (Å²) < 4.78 is 34.7. The molecule has 0 bridgehead atoms. The van der Waals surface area contributed by atoms with E-state index in [4.69, 9.17) is 15.7 Å². The topological polar surface area (TPSA) is 62.3 Å². The van der Waals surface area contributed by atoms with Crippen molar-refractivity contribution in [2.24, 2.45) is 5.73 Å². The van der Waals surface area contributed by atoms with E-state index in [-0.39, 0.29) is 23.4 Å². The Balaban J connectivity index is 1.70. The molecule has 0 saturated carbocycles. The van der Waals surface area contributed by atoms with E-state index < -0.39 is 17.7 Å². The first-order valence-corrected chi connectivity index (χ1v) is 9.70. The SMILES string of the molecule is N#Cc1ccc(O[C@H]2c3ccccc3CC[C@@H]2N2CCC[C@H](N)C2)c(F)c1F. The fourth-order valence-corrected chi connectivity index (χ4v) is 4.41. The lowest BCUT2D eigenvalue weighted by atomic mass is 9.84. The molecule has 1 aliphatic carbocycles. The second-order valence-electron chi connectivity index (χ2n) is 7.59. The smallest absolute Gasteiger partial charge is 0.202 e. The van der Waals surface area contributed by atoms with Gasteiger partial charge in [-0.2, -0.15) is 9.65 Å². The van der Waals surface area contributed by atoms with E-state index in [2.05, 4.69) is 11.0 Å². The van der Waals surface area contributed by atoms with Gasteiger partial charge in [0, 0.05) is 12.6 Å². The molecule has 2 aromatic carbocycles. The van der Waals surface area contributed by atoms with Crippen molar-refractivity contribution in [2.45, 2.75) is 43.9 Å². The van der Waals surface area contributed by atoms with E-state index >= 15 is 0 Å². The summed E-state index contributed by atoms with van der Waals surface area (Å²) >= 11 is 0. The van der Waals surface area contributed by atoms with E-state index in [1.54, 1.807) is 6.07 Å². The summed E-state index contributed by atoms with van der Waals surface area (Å²) in [6.45, 7) is 1.70. The number of hydrogen-bond donors (Lipinski definition) is 1. The van der Waals surface area contributed by atoms with Crippen LogP contribution in [-0.4, -0.2) is 30.1 Å². The van der Waals surface area contributed by atoms with Crippen LogP contribution in [0.25, 0.3) is 0 Å². The summed E-state index contributed by atoms with van der Waals surface area (Å²) in [6.07, 6.45) is 3.38. The normalized spacial score (nSPS) is 25.0. The molecule has 1 heterocycles. The second kappa shape index (κ2) is 7.86. The van der Waals surface area contributed by atoms with Crippen LogP contribution in [0.1, 0.15) is 42.1 Å². The Morgan fingerprint density at radius 1 is 1.11 bits per heavy atom. The van der Waals surface area contributed by atoms with Gasteiger partial charge >= 0.3 is 0 Å². The zero-order chi connectivity index (χ0) is 19.7. The lowest BCUT2D eigenvalue weighted by Gasteiger charge is -2.43. The van der Waals surface area contributed by atoms with Gasteiger partial charge in [-0.05, 0) is 55.5 Å². The molecule has 2 aromatic rings. The maximum atomic E-state index is 14.5. The highest BCUT2D eigenvalue weighted by Gasteiger charge is 2.37. The summed E-state index contributed by atoms with van der Waals surface area (Å²) in [4.78, 5) is 2.33. The van der Waals surface area contributed by atoms with E-state index in [1.807, 2.05) is 18.2 Å². The molecule has 2 N–H and O–H groups in total. The number of hydrogen-bond acceptors (Lipinski definition) is 4. The van der Waals surface area contributed by atoms with Crippen LogP contribution in [0.2, 0.25) is 0 Å². The Kier molecular flexibility index (Phi) is 5.29. The van der Waals surface area contributed by atoms with Crippen molar-refractivity contribution < 1.29 is 13.5 Å². The maximum absolute atomic E-state index is 14.5. The molecule has 4 nitrogen and oxygen atoms in total. The average Bonchev–Trinajstić information content (AvgIpc) is 2.71. The maximum Gasteiger partial charge on any atom is 0.202 e. The molecular weight excluding hydrogens is 360 g/mol. The van der Waals surface area contributed by atoms with Crippen LogP contribution in [0.4, 0.5) is 8.78 Å². The molecule has 0 radical (unpaired) electrons. The summed E-state index contributed by atoms with van der Waals surface area (Å²) in [6, 6.07) is 12.4. The van der Waals surface area contributed by atoms with Crippen LogP contribution in [0.3, 0.4) is 0 Å². The first kappa shape index (κ1) is 18.9. The van der Waals surface area contributed by atoms with Crippen molar-refractivity contribution in [3.05, 3.63) is 64.7 Å². The van der Waals surface area contributed by atoms with Gasteiger partial charge < -0.3 is 10.5 Å². The van der Waals surface area contributed by atoms with Gasteiger partial charge in [0.1, 0.15) is 12.2 Å². The lowest BCUT2D eigenvalue weighted by Crippen LogP contribution is -2.51. The number of halogens is 2. The molecule has 0 amide bonds. The molecule has 0 aromatic heterocycles. The van der Waals surface area contributed by atoms with Gasteiger partial charge in [-0.25, -0.2) is 4.39 Å². The Labute approximate surface area is 163 Å². The third-order valence-corrected chi connectivity index (χ3v) is 5.80. The fraction of sp³-hybridized carbons (Fsp3) is 0.409. The predicted molar refractivity (Wildman–Crippen MR) is 102 cm³/mol. The molecule has 146 valence electrons. The molecule has 6 heteroatoms. The fourth-order valence-electron chi connectivity index (χ4n) is 4.41. The number of ether oxygens (including phenoxy) is 1. The summed E-state index contributed by atoms with van der Waals surface area (Å²) in [5, 5.41) is 8.91. The molecule has 28 heavy (non-hydrogen) atoms. The van der Waals surface area contributed by atoms with Crippen molar-refractivity contribution in [1.29, 1.82) is 5.26 Å². The van der Waals surface area contributed by atoms with Crippen molar-refractivity contribution in [2.75, 3.05) is 13.1 Å². The highest BCUT2D eigenvalue weighted by atomic mass is 19.2. The molecule has 4 rings (SSSR count). The van der Waals surface area contributed by atoms with Gasteiger partial charge in [-0.15, -0.1) is 0 Å². The zero-order valence-electron chi connectivity index (χ0n) is 15.6. The van der Waals surface area contributed by atoms with Crippen LogP contribution in [-0.2, 0) is 6.42 Å². The molecule has 1 fully saturated rings. The quantitative estimate of drug-likeness (QED) is 0.878. The van der Waals surface area contributed by atoms with Gasteiger partial charge in [-0.3, -0.25) is 4.90 Å². The number of rotatable bonds is 3. The van der Waals surface area contributed by atoms with Crippen molar-refractivity contribution in [3.8, 4) is 11.8 Å². The third-order valence-electron chi connectivity index (χ3n) is 5.80. The molecule has 2 aliphatic rings. The van der Waals surface area contributed by atoms with E-state index in [9.17, 15) is 8.78 Å². The van der Waals surface area contributed by atoms with E-state index in [1.165, 1.54) is 17.7 Å². The second-order valence-corrected chi connectivity index (χ2v) is 7.59. The Hall–Kier alpha value is -2.49.